The van der Waals surface area contributed by atoms with Gasteiger partial charge in [0, 0.05) is 25.0 Å². The Labute approximate surface area is 148 Å². The second kappa shape index (κ2) is 7.83. The van der Waals surface area contributed by atoms with Crippen molar-refractivity contribution in [1.82, 2.24) is 9.62 Å². The lowest BCUT2D eigenvalue weighted by molar-refractivity contribution is -0.127. The van der Waals surface area contributed by atoms with E-state index in [0.717, 1.165) is 31.7 Å². The molecular formula is C18H25FN2O3S. The molecule has 7 heteroatoms. The Hall–Kier alpha value is -1.47. The van der Waals surface area contributed by atoms with E-state index in [2.05, 4.69) is 5.32 Å². The Morgan fingerprint density at radius 1 is 1.04 bits per heavy atom. The largest absolute Gasteiger partial charge is 0.353 e. The normalized spacial score (nSPS) is 21.2. The summed E-state index contributed by atoms with van der Waals surface area (Å²) in [6.07, 6.45) is 6.57. The van der Waals surface area contributed by atoms with Crippen LogP contribution in [0.4, 0.5) is 4.39 Å². The molecule has 1 saturated carbocycles. The molecule has 0 unspecified atom stereocenters. The van der Waals surface area contributed by atoms with Crippen molar-refractivity contribution in [3.05, 3.63) is 30.1 Å². The van der Waals surface area contributed by atoms with Gasteiger partial charge in [0.05, 0.1) is 0 Å². The fraction of sp³-hybridized carbons (Fsp3) is 0.611. The molecule has 2 fully saturated rings. The first-order valence-corrected chi connectivity index (χ1v) is 10.5. The minimum absolute atomic E-state index is 0.0369. The molecule has 0 atom stereocenters. The highest BCUT2D eigenvalue weighted by Gasteiger charge is 2.33. The van der Waals surface area contributed by atoms with Crippen molar-refractivity contribution in [3.8, 4) is 0 Å². The molecule has 2 aliphatic rings. The molecule has 1 saturated heterocycles. The smallest absolute Gasteiger partial charge is 0.245 e. The van der Waals surface area contributed by atoms with Gasteiger partial charge in [-0.3, -0.25) is 4.79 Å². The van der Waals surface area contributed by atoms with Crippen LogP contribution in [0.15, 0.2) is 29.2 Å². The van der Waals surface area contributed by atoms with Gasteiger partial charge in [0.15, 0.2) is 0 Å². The maximum atomic E-state index is 13.8. The molecule has 1 amide bonds. The van der Waals surface area contributed by atoms with Crippen LogP contribution in [0.1, 0.15) is 44.9 Å². The Morgan fingerprint density at radius 2 is 1.68 bits per heavy atom. The molecular weight excluding hydrogens is 343 g/mol. The molecule has 138 valence electrons. The summed E-state index contributed by atoms with van der Waals surface area (Å²) in [4.78, 5) is 12.1. The van der Waals surface area contributed by atoms with Crippen LogP contribution < -0.4 is 5.32 Å². The SMILES string of the molecule is O=C(NC1CCCCC1)C1CCN(S(=O)(=O)c2ccccc2F)CC1. The Morgan fingerprint density at radius 3 is 2.32 bits per heavy atom. The Kier molecular flexibility index (Phi) is 5.74. The number of nitrogens with one attached hydrogen (secondary N) is 1. The third-order valence-electron chi connectivity index (χ3n) is 5.23. The van der Waals surface area contributed by atoms with Crippen molar-refractivity contribution in [2.24, 2.45) is 5.92 Å². The van der Waals surface area contributed by atoms with Crippen LogP contribution in [0.25, 0.3) is 0 Å². The van der Waals surface area contributed by atoms with Gasteiger partial charge in [-0.15, -0.1) is 0 Å². The maximum absolute atomic E-state index is 13.8. The van der Waals surface area contributed by atoms with E-state index < -0.39 is 15.8 Å². The van der Waals surface area contributed by atoms with Crippen LogP contribution in [0.5, 0.6) is 0 Å². The second-order valence-corrected chi connectivity index (χ2v) is 8.86. The van der Waals surface area contributed by atoms with Gasteiger partial charge < -0.3 is 5.32 Å². The molecule has 5 nitrogen and oxygen atoms in total. The van der Waals surface area contributed by atoms with E-state index in [-0.39, 0.29) is 35.9 Å². The van der Waals surface area contributed by atoms with Crippen LogP contribution in [0.2, 0.25) is 0 Å². The number of benzene rings is 1. The fourth-order valence-electron chi connectivity index (χ4n) is 3.72. The van der Waals surface area contributed by atoms with Crippen molar-refractivity contribution >= 4 is 15.9 Å². The zero-order chi connectivity index (χ0) is 17.9. The van der Waals surface area contributed by atoms with Crippen molar-refractivity contribution in [1.29, 1.82) is 0 Å². The molecule has 1 aliphatic heterocycles. The molecule has 0 bridgehead atoms. The highest BCUT2D eigenvalue weighted by molar-refractivity contribution is 7.89. The summed E-state index contributed by atoms with van der Waals surface area (Å²) in [5.74, 6) is -0.858. The summed E-state index contributed by atoms with van der Waals surface area (Å²) >= 11 is 0. The fourth-order valence-corrected chi connectivity index (χ4v) is 5.25. The summed E-state index contributed by atoms with van der Waals surface area (Å²) < 4.78 is 40.3. The van der Waals surface area contributed by atoms with Crippen molar-refractivity contribution < 1.29 is 17.6 Å². The molecule has 0 aromatic heterocycles. The topological polar surface area (TPSA) is 66.5 Å². The summed E-state index contributed by atoms with van der Waals surface area (Å²) in [6, 6.07) is 5.68. The molecule has 1 N–H and O–H groups in total. The summed E-state index contributed by atoms with van der Waals surface area (Å²) in [6.45, 7) is 0.499. The van der Waals surface area contributed by atoms with Crippen LogP contribution in [0, 0.1) is 11.7 Å². The number of hydrogen-bond donors (Lipinski definition) is 1. The predicted octanol–water partition coefficient (Wildman–Crippen LogP) is 2.68. The van der Waals surface area contributed by atoms with E-state index in [4.69, 9.17) is 0 Å². The molecule has 0 radical (unpaired) electrons. The van der Waals surface area contributed by atoms with E-state index in [9.17, 15) is 17.6 Å². The van der Waals surface area contributed by atoms with Gasteiger partial charge in [0.2, 0.25) is 15.9 Å². The van der Waals surface area contributed by atoms with Gasteiger partial charge in [-0.05, 0) is 37.8 Å². The summed E-state index contributed by atoms with van der Waals surface area (Å²) in [5.41, 5.74) is 0. The number of amides is 1. The molecule has 25 heavy (non-hydrogen) atoms. The van der Waals surface area contributed by atoms with Crippen LogP contribution >= 0.6 is 0 Å². The van der Waals surface area contributed by atoms with Gasteiger partial charge in [-0.2, -0.15) is 4.31 Å². The molecule has 1 heterocycles. The first kappa shape index (κ1) is 18.3. The van der Waals surface area contributed by atoms with Gasteiger partial charge >= 0.3 is 0 Å². The molecule has 3 rings (SSSR count). The third-order valence-corrected chi connectivity index (χ3v) is 7.16. The highest BCUT2D eigenvalue weighted by atomic mass is 32.2. The summed E-state index contributed by atoms with van der Waals surface area (Å²) in [7, 11) is -3.84. The van der Waals surface area contributed by atoms with Crippen LogP contribution in [-0.2, 0) is 14.8 Å². The lowest BCUT2D eigenvalue weighted by Gasteiger charge is -2.32. The zero-order valence-electron chi connectivity index (χ0n) is 14.3. The monoisotopic (exact) mass is 368 g/mol. The zero-order valence-corrected chi connectivity index (χ0v) is 15.1. The maximum Gasteiger partial charge on any atom is 0.245 e. The van der Waals surface area contributed by atoms with Crippen LogP contribution in [-0.4, -0.2) is 37.8 Å². The number of halogens is 1. The van der Waals surface area contributed by atoms with E-state index in [1.165, 1.54) is 28.9 Å². The number of rotatable bonds is 4. The van der Waals surface area contributed by atoms with Gasteiger partial charge in [0.25, 0.3) is 0 Å². The van der Waals surface area contributed by atoms with E-state index in [1.807, 2.05) is 0 Å². The molecule has 1 aromatic carbocycles. The number of sulfonamides is 1. The van der Waals surface area contributed by atoms with E-state index in [1.54, 1.807) is 0 Å². The minimum Gasteiger partial charge on any atom is -0.353 e. The van der Waals surface area contributed by atoms with Crippen LogP contribution in [0.3, 0.4) is 0 Å². The number of carbonyl (C=O) groups is 1. The molecule has 0 spiro atoms. The minimum atomic E-state index is -3.84. The first-order valence-electron chi connectivity index (χ1n) is 9.03. The summed E-state index contributed by atoms with van der Waals surface area (Å²) in [5, 5.41) is 3.12. The lowest BCUT2D eigenvalue weighted by atomic mass is 9.93. The molecule has 1 aromatic rings. The quantitative estimate of drug-likeness (QED) is 0.889. The molecule has 1 aliphatic carbocycles. The number of piperidine rings is 1. The standard InChI is InChI=1S/C18H25FN2O3S/c19-16-8-4-5-9-17(16)25(23,24)21-12-10-14(11-13-21)18(22)20-15-6-2-1-3-7-15/h4-5,8-9,14-15H,1-3,6-7,10-13H2,(H,20,22). The van der Waals surface area contributed by atoms with Crippen molar-refractivity contribution in [3.63, 3.8) is 0 Å². The van der Waals surface area contributed by atoms with Gasteiger partial charge in [-0.1, -0.05) is 31.4 Å². The Balaban J connectivity index is 1.58. The van der Waals surface area contributed by atoms with Crippen molar-refractivity contribution in [2.45, 2.75) is 55.9 Å². The lowest BCUT2D eigenvalue weighted by Crippen LogP contribution is -2.45. The van der Waals surface area contributed by atoms with Gasteiger partial charge in [0.1, 0.15) is 10.7 Å². The number of nitrogens with zero attached hydrogens (tertiary/aromatic N) is 1. The average molecular weight is 368 g/mol. The average Bonchev–Trinajstić information content (AvgIpc) is 2.63. The van der Waals surface area contributed by atoms with E-state index in [0.29, 0.717) is 12.8 Å². The Bertz CT molecular complexity index is 709. The number of carbonyl (C=O) groups excluding carboxylic acids is 1. The third kappa shape index (κ3) is 4.20. The predicted molar refractivity (Wildman–Crippen MR) is 92.9 cm³/mol. The first-order chi connectivity index (χ1) is 12.0. The number of hydrogen-bond acceptors (Lipinski definition) is 3. The highest BCUT2D eigenvalue weighted by Crippen LogP contribution is 2.26. The van der Waals surface area contributed by atoms with Gasteiger partial charge in [-0.25, -0.2) is 12.8 Å². The second-order valence-electron chi connectivity index (χ2n) is 6.95. The van der Waals surface area contributed by atoms with Crippen molar-refractivity contribution in [2.75, 3.05) is 13.1 Å². The van der Waals surface area contributed by atoms with E-state index >= 15 is 0 Å².